The zero-order valence-electron chi connectivity index (χ0n) is 17.4. The molecule has 1 spiro atoms. The Morgan fingerprint density at radius 1 is 1.33 bits per heavy atom. The molecule has 160 valence electrons. The van der Waals surface area contributed by atoms with Crippen molar-refractivity contribution in [3.63, 3.8) is 0 Å². The van der Waals surface area contributed by atoms with Gasteiger partial charge in [-0.3, -0.25) is 4.79 Å². The first kappa shape index (κ1) is 19.5. The van der Waals surface area contributed by atoms with Crippen LogP contribution in [0.15, 0.2) is 17.1 Å². The van der Waals surface area contributed by atoms with E-state index in [1.165, 1.54) is 18.7 Å². The van der Waals surface area contributed by atoms with Crippen LogP contribution in [0.1, 0.15) is 61.0 Å². The SMILES string of the molecule is Cc1c(N2CC(N)[C@@H](C)C3(CCC3)C2)c(F)cc2c(=O)c(C(=O)O)cn(C3CC3)c12. The number of aromatic nitrogens is 1. The van der Waals surface area contributed by atoms with Crippen molar-refractivity contribution in [1.82, 2.24) is 4.57 Å². The van der Waals surface area contributed by atoms with Crippen LogP contribution in [0.5, 0.6) is 0 Å². The molecule has 7 heteroatoms. The first-order valence-corrected chi connectivity index (χ1v) is 10.9. The van der Waals surface area contributed by atoms with Crippen molar-refractivity contribution >= 4 is 22.6 Å². The number of anilines is 1. The van der Waals surface area contributed by atoms with Gasteiger partial charge >= 0.3 is 5.97 Å². The van der Waals surface area contributed by atoms with Crippen molar-refractivity contribution in [2.24, 2.45) is 17.1 Å². The van der Waals surface area contributed by atoms with Gasteiger partial charge in [-0.05, 0) is 55.6 Å². The summed E-state index contributed by atoms with van der Waals surface area (Å²) >= 11 is 0. The molecule has 2 atom stereocenters. The van der Waals surface area contributed by atoms with Gasteiger partial charge in [-0.2, -0.15) is 0 Å². The molecule has 2 aromatic rings. The number of halogens is 1. The fourth-order valence-corrected chi connectivity index (χ4v) is 5.72. The Balaban J connectivity index is 1.71. The fourth-order valence-electron chi connectivity index (χ4n) is 5.72. The summed E-state index contributed by atoms with van der Waals surface area (Å²) in [7, 11) is 0. The number of fused-ring (bicyclic) bond motifs is 1. The van der Waals surface area contributed by atoms with Crippen LogP contribution in [-0.2, 0) is 0 Å². The highest BCUT2D eigenvalue weighted by Gasteiger charge is 2.49. The quantitative estimate of drug-likeness (QED) is 0.805. The highest BCUT2D eigenvalue weighted by molar-refractivity contribution is 5.95. The number of carbonyl (C=O) groups is 1. The topological polar surface area (TPSA) is 88.6 Å². The van der Waals surface area contributed by atoms with E-state index < -0.39 is 17.2 Å². The first-order chi connectivity index (χ1) is 14.2. The van der Waals surface area contributed by atoms with Crippen LogP contribution >= 0.6 is 0 Å². The third-order valence-electron chi connectivity index (χ3n) is 7.86. The van der Waals surface area contributed by atoms with Gasteiger partial charge in [-0.1, -0.05) is 13.3 Å². The Hall–Kier alpha value is -2.41. The minimum absolute atomic E-state index is 0.0337. The molecule has 2 aliphatic carbocycles. The summed E-state index contributed by atoms with van der Waals surface area (Å²) in [5.41, 5.74) is 7.55. The van der Waals surface area contributed by atoms with Gasteiger partial charge in [0, 0.05) is 36.8 Å². The molecule has 30 heavy (non-hydrogen) atoms. The maximum absolute atomic E-state index is 15.4. The van der Waals surface area contributed by atoms with Crippen molar-refractivity contribution in [2.75, 3.05) is 18.0 Å². The summed E-state index contributed by atoms with van der Waals surface area (Å²) in [6.07, 6.45) is 6.71. The zero-order valence-corrected chi connectivity index (χ0v) is 17.4. The first-order valence-electron chi connectivity index (χ1n) is 10.9. The average molecular weight is 413 g/mol. The van der Waals surface area contributed by atoms with Gasteiger partial charge in [0.1, 0.15) is 11.4 Å². The Labute approximate surface area is 174 Å². The van der Waals surface area contributed by atoms with E-state index in [-0.39, 0.29) is 28.4 Å². The second-order valence-electron chi connectivity index (χ2n) is 9.59. The number of nitrogens with two attached hydrogens (primary N) is 1. The summed E-state index contributed by atoms with van der Waals surface area (Å²) in [6.45, 7) is 5.40. The summed E-state index contributed by atoms with van der Waals surface area (Å²) < 4.78 is 17.3. The van der Waals surface area contributed by atoms with Crippen molar-refractivity contribution in [1.29, 1.82) is 0 Å². The third kappa shape index (κ3) is 2.71. The third-order valence-corrected chi connectivity index (χ3v) is 7.86. The molecular formula is C23H28FN3O3. The van der Waals surface area contributed by atoms with E-state index in [1.54, 1.807) is 0 Å². The van der Waals surface area contributed by atoms with Crippen molar-refractivity contribution < 1.29 is 14.3 Å². The predicted octanol–water partition coefficient (Wildman–Crippen LogP) is 3.44. The minimum Gasteiger partial charge on any atom is -0.477 e. The summed E-state index contributed by atoms with van der Waals surface area (Å²) in [5.74, 6) is -1.35. The van der Waals surface area contributed by atoms with E-state index in [2.05, 4.69) is 11.8 Å². The van der Waals surface area contributed by atoms with E-state index >= 15 is 4.39 Å². The van der Waals surface area contributed by atoms with Crippen molar-refractivity contribution in [3.8, 4) is 0 Å². The lowest BCUT2D eigenvalue weighted by atomic mass is 9.58. The van der Waals surface area contributed by atoms with Crippen molar-refractivity contribution in [3.05, 3.63) is 39.4 Å². The number of aryl methyl sites for hydroxylation is 1. The summed E-state index contributed by atoms with van der Waals surface area (Å²) in [4.78, 5) is 26.5. The number of carboxylic acids is 1. The van der Waals surface area contributed by atoms with Crippen molar-refractivity contribution in [2.45, 2.75) is 58.0 Å². The van der Waals surface area contributed by atoms with Crippen LogP contribution in [0.4, 0.5) is 10.1 Å². The molecule has 2 saturated carbocycles. The molecule has 0 bridgehead atoms. The maximum Gasteiger partial charge on any atom is 0.341 e. The van der Waals surface area contributed by atoms with Crippen LogP contribution in [0.25, 0.3) is 10.9 Å². The lowest BCUT2D eigenvalue weighted by Crippen LogP contribution is -2.60. The molecule has 2 heterocycles. The molecule has 1 aromatic heterocycles. The number of piperidine rings is 1. The van der Waals surface area contributed by atoms with Crippen LogP contribution in [0, 0.1) is 24.1 Å². The number of rotatable bonds is 3. The molecule has 5 rings (SSSR count). The molecule has 1 aliphatic heterocycles. The molecule has 1 saturated heterocycles. The van der Waals surface area contributed by atoms with Crippen LogP contribution in [0.3, 0.4) is 0 Å². The molecule has 0 amide bonds. The monoisotopic (exact) mass is 413 g/mol. The number of hydrogen-bond acceptors (Lipinski definition) is 4. The Morgan fingerprint density at radius 3 is 2.60 bits per heavy atom. The van der Waals surface area contributed by atoms with E-state index in [9.17, 15) is 14.7 Å². The second-order valence-corrected chi connectivity index (χ2v) is 9.59. The molecular weight excluding hydrogens is 385 g/mol. The van der Waals surface area contributed by atoms with Gasteiger partial charge in [-0.25, -0.2) is 9.18 Å². The Bertz CT molecular complexity index is 1120. The average Bonchev–Trinajstić information content (AvgIpc) is 3.48. The van der Waals surface area contributed by atoms with Gasteiger partial charge in [0.15, 0.2) is 0 Å². The predicted molar refractivity (Wildman–Crippen MR) is 114 cm³/mol. The highest BCUT2D eigenvalue weighted by Crippen LogP contribution is 2.52. The van der Waals surface area contributed by atoms with Gasteiger partial charge in [0.25, 0.3) is 0 Å². The fraction of sp³-hybridized carbons (Fsp3) is 0.565. The summed E-state index contributed by atoms with van der Waals surface area (Å²) in [5, 5.41) is 9.61. The number of pyridine rings is 1. The highest BCUT2D eigenvalue weighted by atomic mass is 19.1. The molecule has 3 N–H and O–H groups in total. The Kier molecular flexibility index (Phi) is 4.26. The van der Waals surface area contributed by atoms with E-state index in [1.807, 2.05) is 11.5 Å². The minimum atomic E-state index is -1.28. The normalized spacial score (nSPS) is 25.5. The smallest absolute Gasteiger partial charge is 0.341 e. The lowest BCUT2D eigenvalue weighted by Gasteiger charge is -2.56. The van der Waals surface area contributed by atoms with Gasteiger partial charge < -0.3 is 20.3 Å². The van der Waals surface area contributed by atoms with Gasteiger partial charge in [0.2, 0.25) is 5.43 Å². The zero-order chi connectivity index (χ0) is 21.4. The van der Waals surface area contributed by atoms with Gasteiger partial charge in [-0.15, -0.1) is 0 Å². The number of aromatic carboxylic acids is 1. The number of nitrogens with zero attached hydrogens (tertiary/aromatic N) is 2. The summed E-state index contributed by atoms with van der Waals surface area (Å²) in [6, 6.07) is 1.36. The number of benzene rings is 1. The van der Waals surface area contributed by atoms with E-state index in [0.717, 1.165) is 32.2 Å². The molecule has 0 radical (unpaired) electrons. The van der Waals surface area contributed by atoms with E-state index in [0.29, 0.717) is 29.2 Å². The van der Waals surface area contributed by atoms with Crippen LogP contribution < -0.4 is 16.1 Å². The maximum atomic E-state index is 15.4. The second kappa shape index (κ2) is 6.54. The van der Waals surface area contributed by atoms with E-state index in [4.69, 9.17) is 5.73 Å². The Morgan fingerprint density at radius 2 is 2.03 bits per heavy atom. The lowest BCUT2D eigenvalue weighted by molar-refractivity contribution is 0.0326. The molecule has 1 unspecified atom stereocenters. The van der Waals surface area contributed by atoms with Gasteiger partial charge in [0.05, 0.1) is 11.2 Å². The van der Waals surface area contributed by atoms with Crippen LogP contribution in [-0.4, -0.2) is 34.8 Å². The standard InChI is InChI=1S/C23H28FN3O3/c1-12-19-15(21(28)16(22(29)30)9-27(19)14-4-5-14)8-17(24)20(12)26-10-18(25)13(2)23(11-26)6-3-7-23/h8-9,13-14,18H,3-7,10-11,25H2,1-2H3,(H,29,30)/t13-,18?/m1/s1. The number of hydrogen-bond donors (Lipinski definition) is 2. The number of carboxylic acid groups (broad SMARTS) is 1. The molecule has 3 aliphatic rings. The van der Waals surface area contributed by atoms with Crippen LogP contribution in [0.2, 0.25) is 0 Å². The molecule has 6 nitrogen and oxygen atoms in total. The molecule has 3 fully saturated rings. The largest absolute Gasteiger partial charge is 0.477 e. The molecule has 1 aromatic carbocycles.